The summed E-state index contributed by atoms with van der Waals surface area (Å²) in [6, 6.07) is 6.77. The Bertz CT molecular complexity index is 635. The van der Waals surface area contributed by atoms with Crippen LogP contribution in [0.15, 0.2) is 23.6 Å². The molecule has 1 aromatic carbocycles. The highest BCUT2D eigenvalue weighted by molar-refractivity contribution is 7.10. The first-order chi connectivity index (χ1) is 9.33. The second-order valence-corrected chi connectivity index (χ2v) is 5.96. The Labute approximate surface area is 116 Å². The maximum Gasteiger partial charge on any atom is 0.231 e. The number of hydrogen-bond acceptors (Lipinski definition) is 4. The van der Waals surface area contributed by atoms with Crippen molar-refractivity contribution in [2.24, 2.45) is 0 Å². The minimum atomic E-state index is 0.290. The lowest BCUT2D eigenvalue weighted by molar-refractivity contribution is 0.174. The molecule has 4 heteroatoms. The Morgan fingerprint density at radius 2 is 2.11 bits per heavy atom. The number of thiophene rings is 1. The zero-order valence-corrected chi connectivity index (χ0v) is 11.5. The van der Waals surface area contributed by atoms with Crippen LogP contribution in [0.3, 0.4) is 0 Å². The first kappa shape index (κ1) is 11.3. The van der Waals surface area contributed by atoms with Gasteiger partial charge in [0.05, 0.1) is 6.04 Å². The Morgan fingerprint density at radius 1 is 1.26 bits per heavy atom. The molecular formula is C15H15NO2S. The molecule has 1 unspecified atom stereocenters. The highest BCUT2D eigenvalue weighted by atomic mass is 32.1. The average Bonchev–Trinajstić information content (AvgIpc) is 3.03. The van der Waals surface area contributed by atoms with E-state index < -0.39 is 0 Å². The summed E-state index contributed by atoms with van der Waals surface area (Å²) < 4.78 is 11.0. The van der Waals surface area contributed by atoms with E-state index in [1.54, 1.807) is 0 Å². The van der Waals surface area contributed by atoms with Gasteiger partial charge in [-0.2, -0.15) is 0 Å². The summed E-state index contributed by atoms with van der Waals surface area (Å²) in [6.45, 7) is 3.53. The smallest absolute Gasteiger partial charge is 0.231 e. The molecule has 0 amide bonds. The molecule has 0 aliphatic carbocycles. The summed E-state index contributed by atoms with van der Waals surface area (Å²) in [7, 11) is 0. The molecule has 0 spiro atoms. The number of hydrogen-bond donors (Lipinski definition) is 1. The van der Waals surface area contributed by atoms with Crippen LogP contribution in [0.2, 0.25) is 0 Å². The molecule has 2 aliphatic rings. The van der Waals surface area contributed by atoms with Crippen LogP contribution in [-0.2, 0) is 6.42 Å². The van der Waals surface area contributed by atoms with Crippen molar-refractivity contribution in [2.75, 3.05) is 13.3 Å². The molecule has 0 bridgehead atoms. The number of ether oxygens (including phenoxy) is 2. The third-order valence-electron chi connectivity index (χ3n) is 3.85. The highest BCUT2D eigenvalue weighted by Crippen LogP contribution is 2.41. The molecule has 0 fully saturated rings. The molecule has 19 heavy (non-hydrogen) atoms. The first-order valence-corrected chi connectivity index (χ1v) is 7.40. The Balaban J connectivity index is 1.84. The van der Waals surface area contributed by atoms with Crippen LogP contribution < -0.4 is 14.8 Å². The Kier molecular flexibility index (Phi) is 2.53. The van der Waals surface area contributed by atoms with Crippen molar-refractivity contribution in [1.82, 2.24) is 5.32 Å². The zero-order chi connectivity index (χ0) is 12.8. The lowest BCUT2D eigenvalue weighted by Crippen LogP contribution is -2.30. The number of aryl methyl sites for hydroxylation is 1. The lowest BCUT2D eigenvalue weighted by atomic mass is 9.92. The molecule has 1 N–H and O–H groups in total. The van der Waals surface area contributed by atoms with Gasteiger partial charge in [-0.1, -0.05) is 0 Å². The molecule has 2 aromatic rings. The monoisotopic (exact) mass is 273 g/mol. The molecule has 98 valence electrons. The number of fused-ring (bicyclic) bond motifs is 2. The number of rotatable bonds is 1. The van der Waals surface area contributed by atoms with Crippen molar-refractivity contribution in [1.29, 1.82) is 0 Å². The van der Waals surface area contributed by atoms with Gasteiger partial charge in [-0.05, 0) is 53.6 Å². The topological polar surface area (TPSA) is 30.5 Å². The quantitative estimate of drug-likeness (QED) is 0.866. The van der Waals surface area contributed by atoms with E-state index in [1.165, 1.54) is 21.6 Å². The van der Waals surface area contributed by atoms with E-state index in [0.717, 1.165) is 24.5 Å². The van der Waals surface area contributed by atoms with E-state index in [4.69, 9.17) is 9.47 Å². The fraction of sp³-hybridized carbons (Fsp3) is 0.333. The standard InChI is InChI=1S/C15H15NO2S/c1-9-3-5-19-15(9)14-11-7-13-12(17-8-18-13)6-10(11)2-4-16-14/h3,5-7,14,16H,2,4,8H2,1H3. The summed E-state index contributed by atoms with van der Waals surface area (Å²) >= 11 is 1.82. The van der Waals surface area contributed by atoms with Gasteiger partial charge in [-0.25, -0.2) is 0 Å². The Hall–Kier alpha value is -1.52. The van der Waals surface area contributed by atoms with Gasteiger partial charge in [0.1, 0.15) is 0 Å². The Morgan fingerprint density at radius 3 is 2.89 bits per heavy atom. The molecule has 0 saturated carbocycles. The van der Waals surface area contributed by atoms with Crippen LogP contribution in [0.5, 0.6) is 11.5 Å². The van der Waals surface area contributed by atoms with Crippen LogP contribution >= 0.6 is 11.3 Å². The van der Waals surface area contributed by atoms with Crippen molar-refractivity contribution in [3.8, 4) is 11.5 Å². The first-order valence-electron chi connectivity index (χ1n) is 6.53. The maximum absolute atomic E-state index is 5.51. The molecule has 1 aromatic heterocycles. The summed E-state index contributed by atoms with van der Waals surface area (Å²) in [6.07, 6.45) is 1.05. The van der Waals surface area contributed by atoms with Crippen LogP contribution in [-0.4, -0.2) is 13.3 Å². The van der Waals surface area contributed by atoms with E-state index in [0.29, 0.717) is 12.8 Å². The molecule has 4 rings (SSSR count). The summed E-state index contributed by atoms with van der Waals surface area (Å²) in [4.78, 5) is 1.40. The molecule has 2 aliphatic heterocycles. The van der Waals surface area contributed by atoms with Gasteiger partial charge >= 0.3 is 0 Å². The largest absolute Gasteiger partial charge is 0.454 e. The summed E-state index contributed by atoms with van der Waals surface area (Å²) in [5.74, 6) is 1.77. The normalized spacial score (nSPS) is 20.4. The summed E-state index contributed by atoms with van der Waals surface area (Å²) in [5.41, 5.74) is 4.06. The fourth-order valence-corrected chi connectivity index (χ4v) is 3.88. The molecule has 3 heterocycles. The second-order valence-electron chi connectivity index (χ2n) is 5.01. The van der Waals surface area contributed by atoms with Gasteiger partial charge in [-0.3, -0.25) is 0 Å². The predicted octanol–water partition coefficient (Wildman–Crippen LogP) is 3.02. The third kappa shape index (κ3) is 1.75. The minimum absolute atomic E-state index is 0.290. The van der Waals surface area contributed by atoms with Crippen molar-refractivity contribution in [2.45, 2.75) is 19.4 Å². The minimum Gasteiger partial charge on any atom is -0.454 e. The van der Waals surface area contributed by atoms with Gasteiger partial charge < -0.3 is 14.8 Å². The van der Waals surface area contributed by atoms with Gasteiger partial charge in [0, 0.05) is 11.4 Å². The zero-order valence-electron chi connectivity index (χ0n) is 10.7. The molecule has 1 atom stereocenters. The van der Waals surface area contributed by atoms with Crippen LogP contribution in [0.4, 0.5) is 0 Å². The highest BCUT2D eigenvalue weighted by Gasteiger charge is 2.27. The lowest BCUT2D eigenvalue weighted by Gasteiger charge is -2.27. The summed E-state index contributed by atoms with van der Waals surface area (Å²) in [5, 5.41) is 5.78. The number of benzene rings is 1. The van der Waals surface area contributed by atoms with Gasteiger partial charge in [-0.15, -0.1) is 11.3 Å². The molecule has 0 radical (unpaired) electrons. The second kappa shape index (κ2) is 4.25. The van der Waals surface area contributed by atoms with Crippen molar-refractivity contribution >= 4 is 11.3 Å². The van der Waals surface area contributed by atoms with Gasteiger partial charge in [0.2, 0.25) is 6.79 Å². The van der Waals surface area contributed by atoms with Gasteiger partial charge in [0.15, 0.2) is 11.5 Å². The van der Waals surface area contributed by atoms with Crippen LogP contribution in [0.1, 0.15) is 27.6 Å². The number of nitrogens with one attached hydrogen (secondary N) is 1. The molecule has 0 saturated heterocycles. The molecular weight excluding hydrogens is 258 g/mol. The predicted molar refractivity (Wildman–Crippen MR) is 75.2 cm³/mol. The van der Waals surface area contributed by atoms with Crippen LogP contribution in [0, 0.1) is 6.92 Å². The van der Waals surface area contributed by atoms with Crippen molar-refractivity contribution < 1.29 is 9.47 Å². The maximum atomic E-state index is 5.51. The third-order valence-corrected chi connectivity index (χ3v) is 4.94. The van der Waals surface area contributed by atoms with E-state index in [1.807, 2.05) is 11.3 Å². The van der Waals surface area contributed by atoms with E-state index >= 15 is 0 Å². The van der Waals surface area contributed by atoms with E-state index in [9.17, 15) is 0 Å². The van der Waals surface area contributed by atoms with Crippen molar-refractivity contribution in [3.05, 3.63) is 45.1 Å². The molecule has 3 nitrogen and oxygen atoms in total. The van der Waals surface area contributed by atoms with Crippen LogP contribution in [0.25, 0.3) is 0 Å². The fourth-order valence-electron chi connectivity index (χ4n) is 2.86. The van der Waals surface area contributed by atoms with Gasteiger partial charge in [0.25, 0.3) is 0 Å². The average molecular weight is 273 g/mol. The SMILES string of the molecule is Cc1ccsc1C1NCCc2cc3c(cc21)OCO3. The van der Waals surface area contributed by atoms with Crippen molar-refractivity contribution in [3.63, 3.8) is 0 Å². The van der Waals surface area contributed by atoms with E-state index in [2.05, 4.69) is 35.8 Å². The van der Waals surface area contributed by atoms with E-state index in [-0.39, 0.29) is 0 Å².